The van der Waals surface area contributed by atoms with E-state index in [1.165, 1.54) is 128 Å². The predicted molar refractivity (Wildman–Crippen MR) is 243 cm³/mol. The quantitative estimate of drug-likeness (QED) is 0.0212. The molecular formula is C48H93NO8P+. The Kier molecular flexibility index (Phi) is 39.8. The summed E-state index contributed by atoms with van der Waals surface area (Å²) >= 11 is 0. The van der Waals surface area contributed by atoms with Gasteiger partial charge in [0.05, 0.1) is 27.7 Å². The van der Waals surface area contributed by atoms with E-state index in [9.17, 15) is 19.0 Å². The third-order valence-corrected chi connectivity index (χ3v) is 11.4. The van der Waals surface area contributed by atoms with Crippen LogP contribution in [0.3, 0.4) is 0 Å². The highest BCUT2D eigenvalue weighted by molar-refractivity contribution is 7.47. The van der Waals surface area contributed by atoms with Gasteiger partial charge in [0.2, 0.25) is 0 Å². The molecule has 0 aliphatic heterocycles. The van der Waals surface area contributed by atoms with Gasteiger partial charge >= 0.3 is 19.8 Å². The maximum atomic E-state index is 12.7. The number of rotatable bonds is 44. The first-order valence-corrected chi connectivity index (χ1v) is 25.6. The largest absolute Gasteiger partial charge is 0.472 e. The zero-order valence-electron chi connectivity index (χ0n) is 38.5. The summed E-state index contributed by atoms with van der Waals surface area (Å²) in [6.45, 7) is 4.42. The van der Waals surface area contributed by atoms with Crippen molar-refractivity contribution >= 4 is 19.8 Å². The second kappa shape index (κ2) is 40.9. The molecular weight excluding hydrogens is 750 g/mol. The van der Waals surface area contributed by atoms with Gasteiger partial charge in [0.15, 0.2) is 6.10 Å². The molecule has 2 atom stereocenters. The lowest BCUT2D eigenvalue weighted by Crippen LogP contribution is -2.37. The van der Waals surface area contributed by atoms with E-state index < -0.39 is 26.5 Å². The number of quaternary nitrogens is 1. The average molecular weight is 843 g/mol. The van der Waals surface area contributed by atoms with Crippen molar-refractivity contribution in [3.63, 3.8) is 0 Å². The number of esters is 2. The summed E-state index contributed by atoms with van der Waals surface area (Å²) in [5.41, 5.74) is 0. The van der Waals surface area contributed by atoms with Gasteiger partial charge in [0.1, 0.15) is 19.8 Å². The third-order valence-electron chi connectivity index (χ3n) is 10.5. The predicted octanol–water partition coefficient (Wildman–Crippen LogP) is 13.9. The Balaban J connectivity index is 4.26. The van der Waals surface area contributed by atoms with Crippen LogP contribution in [0.25, 0.3) is 0 Å². The van der Waals surface area contributed by atoms with Crippen LogP contribution >= 0.6 is 7.82 Å². The number of phosphoric ester groups is 1. The monoisotopic (exact) mass is 843 g/mol. The summed E-state index contributed by atoms with van der Waals surface area (Å²) in [6.07, 6.45) is 45.1. The van der Waals surface area contributed by atoms with Crippen LogP contribution in [-0.4, -0.2) is 74.9 Å². The van der Waals surface area contributed by atoms with Crippen LogP contribution in [0.2, 0.25) is 0 Å². The van der Waals surface area contributed by atoms with Crippen LogP contribution in [0.5, 0.6) is 0 Å². The van der Waals surface area contributed by atoms with Crippen molar-refractivity contribution in [2.24, 2.45) is 0 Å². The number of nitrogens with zero attached hydrogens (tertiary/aromatic N) is 1. The summed E-state index contributed by atoms with van der Waals surface area (Å²) in [7, 11) is 1.48. The Morgan fingerprint density at radius 1 is 0.517 bits per heavy atom. The van der Waals surface area contributed by atoms with E-state index in [0.29, 0.717) is 17.4 Å². The number of unbranched alkanes of at least 4 members (excludes halogenated alkanes) is 26. The van der Waals surface area contributed by atoms with Crippen molar-refractivity contribution in [1.82, 2.24) is 0 Å². The molecule has 0 saturated carbocycles. The number of carbonyl (C=O) groups is 2. The van der Waals surface area contributed by atoms with E-state index in [4.69, 9.17) is 18.5 Å². The van der Waals surface area contributed by atoms with Crippen LogP contribution < -0.4 is 0 Å². The first-order valence-electron chi connectivity index (χ1n) is 24.1. The Labute approximate surface area is 358 Å². The topological polar surface area (TPSA) is 108 Å². The second-order valence-electron chi connectivity index (χ2n) is 17.5. The third kappa shape index (κ3) is 44.1. The van der Waals surface area contributed by atoms with E-state index in [0.717, 1.165) is 57.8 Å². The number of phosphoric acid groups is 1. The van der Waals surface area contributed by atoms with Gasteiger partial charge in [-0.25, -0.2) is 4.57 Å². The zero-order valence-corrected chi connectivity index (χ0v) is 39.4. The fourth-order valence-electron chi connectivity index (χ4n) is 6.65. The Morgan fingerprint density at radius 2 is 0.879 bits per heavy atom. The highest BCUT2D eigenvalue weighted by atomic mass is 31.2. The lowest BCUT2D eigenvalue weighted by molar-refractivity contribution is -0.870. The van der Waals surface area contributed by atoms with Gasteiger partial charge in [-0.15, -0.1) is 0 Å². The summed E-state index contributed by atoms with van der Waals surface area (Å²) in [4.78, 5) is 35.4. The van der Waals surface area contributed by atoms with E-state index in [2.05, 4.69) is 38.2 Å². The van der Waals surface area contributed by atoms with Crippen molar-refractivity contribution in [3.8, 4) is 0 Å². The maximum absolute atomic E-state index is 12.7. The number of hydrogen-bond donors (Lipinski definition) is 1. The molecule has 0 amide bonds. The fraction of sp³-hybridized carbons (Fsp3) is 0.875. The fourth-order valence-corrected chi connectivity index (χ4v) is 7.39. The number of likely N-dealkylation sites (N-methyl/N-ethyl adjacent to an activating group) is 1. The van der Waals surface area contributed by atoms with Crippen LogP contribution in [-0.2, 0) is 32.7 Å². The molecule has 10 heteroatoms. The molecule has 0 aromatic rings. The van der Waals surface area contributed by atoms with E-state index >= 15 is 0 Å². The lowest BCUT2D eigenvalue weighted by atomic mass is 10.1. The summed E-state index contributed by atoms with van der Waals surface area (Å²) < 4.78 is 34.4. The van der Waals surface area contributed by atoms with Crippen LogP contribution in [0.1, 0.15) is 219 Å². The highest BCUT2D eigenvalue weighted by Crippen LogP contribution is 2.43. The number of hydrogen-bond acceptors (Lipinski definition) is 7. The first-order chi connectivity index (χ1) is 28.0. The molecule has 0 bridgehead atoms. The minimum Gasteiger partial charge on any atom is -0.462 e. The first kappa shape index (κ1) is 56.5. The molecule has 0 spiro atoms. The Morgan fingerprint density at radius 3 is 1.29 bits per heavy atom. The molecule has 0 aromatic heterocycles. The van der Waals surface area contributed by atoms with Crippen molar-refractivity contribution in [3.05, 3.63) is 24.3 Å². The number of ether oxygens (including phenoxy) is 2. The van der Waals surface area contributed by atoms with Gasteiger partial charge in [-0.2, -0.15) is 0 Å². The summed E-state index contributed by atoms with van der Waals surface area (Å²) in [5.74, 6) is -0.804. The number of carbonyl (C=O) groups excluding carboxylic acids is 2. The molecule has 0 aromatic carbocycles. The average Bonchev–Trinajstić information content (AvgIpc) is 3.17. The van der Waals surface area contributed by atoms with E-state index in [1.807, 2.05) is 21.1 Å². The van der Waals surface area contributed by atoms with Crippen LogP contribution in [0.15, 0.2) is 24.3 Å². The van der Waals surface area contributed by atoms with Crippen LogP contribution in [0, 0.1) is 0 Å². The molecule has 0 radical (unpaired) electrons. The number of allylic oxidation sites excluding steroid dienone is 4. The maximum Gasteiger partial charge on any atom is 0.472 e. The van der Waals surface area contributed by atoms with Gasteiger partial charge in [0, 0.05) is 12.8 Å². The molecule has 58 heavy (non-hydrogen) atoms. The minimum absolute atomic E-state index is 0.0314. The zero-order chi connectivity index (χ0) is 42.8. The van der Waals surface area contributed by atoms with E-state index in [-0.39, 0.29) is 32.0 Å². The van der Waals surface area contributed by atoms with Crippen molar-refractivity contribution in [2.75, 3.05) is 47.5 Å². The molecule has 0 rings (SSSR count). The van der Waals surface area contributed by atoms with Crippen molar-refractivity contribution < 1.29 is 42.1 Å². The lowest BCUT2D eigenvalue weighted by Gasteiger charge is -2.24. The summed E-state index contributed by atoms with van der Waals surface area (Å²) in [6, 6.07) is 0. The van der Waals surface area contributed by atoms with Crippen molar-refractivity contribution in [2.45, 2.75) is 225 Å². The van der Waals surface area contributed by atoms with Crippen molar-refractivity contribution in [1.29, 1.82) is 0 Å². The molecule has 342 valence electrons. The molecule has 1 N–H and O–H groups in total. The van der Waals surface area contributed by atoms with Gasteiger partial charge in [0.25, 0.3) is 0 Å². The highest BCUT2D eigenvalue weighted by Gasteiger charge is 2.27. The Hall–Kier alpha value is -1.51. The molecule has 0 aliphatic rings. The van der Waals surface area contributed by atoms with Gasteiger partial charge in [-0.05, 0) is 64.2 Å². The minimum atomic E-state index is -4.38. The van der Waals surface area contributed by atoms with Gasteiger partial charge in [-0.3, -0.25) is 18.6 Å². The second-order valence-corrected chi connectivity index (χ2v) is 18.9. The Bertz CT molecular complexity index is 1040. The van der Waals surface area contributed by atoms with Gasteiger partial charge in [-0.1, -0.05) is 167 Å². The standard InChI is InChI=1S/C48H92NO8P/c1-6-8-10-12-14-16-18-20-21-22-23-24-25-26-27-29-31-33-35-37-39-41-48(51)57-46(45-56-58(52,53)55-43-42-49(3,4)5)44-54-47(50)40-38-36-34-32-30-28-19-17-15-13-11-9-7-2/h17,19,22-23,46H,6-16,18,20-21,24-45H2,1-5H3/p+1/b19-17-,23-22-. The van der Waals surface area contributed by atoms with Gasteiger partial charge < -0.3 is 18.9 Å². The normalized spacial score (nSPS) is 13.7. The molecule has 0 saturated heterocycles. The van der Waals surface area contributed by atoms with E-state index in [1.54, 1.807) is 0 Å². The molecule has 2 unspecified atom stereocenters. The van der Waals surface area contributed by atoms with Crippen LogP contribution in [0.4, 0.5) is 0 Å². The SMILES string of the molecule is CCCCCC/C=C\CCCCCCCC(=O)OCC(COP(=O)(O)OCC[N+](C)(C)C)OC(=O)CCCCCCCCCCC/C=C\CCCCCCCCCC. The molecule has 0 aliphatic carbocycles. The molecule has 0 heterocycles. The molecule has 0 fully saturated rings. The summed E-state index contributed by atoms with van der Waals surface area (Å²) in [5, 5.41) is 0. The molecule has 9 nitrogen and oxygen atoms in total. The smallest absolute Gasteiger partial charge is 0.462 e.